The number of amides is 2. The monoisotopic (exact) mass is 537 g/mol. The number of anilines is 1. The first-order valence-corrected chi connectivity index (χ1v) is 13.4. The van der Waals surface area contributed by atoms with Gasteiger partial charge in [0.05, 0.1) is 6.20 Å². The number of methoxy groups -OCH3 is 1. The molecule has 2 aromatic carbocycles. The highest BCUT2D eigenvalue weighted by atomic mass is 35.5. The molecule has 0 saturated carbocycles. The second-order valence-corrected chi connectivity index (χ2v) is 10.2. The Morgan fingerprint density at radius 3 is 2.42 bits per heavy atom. The van der Waals surface area contributed by atoms with Crippen molar-refractivity contribution in [3.8, 4) is 0 Å². The molecule has 4 rings (SSSR count). The number of aromatic nitrogens is 2. The van der Waals surface area contributed by atoms with Crippen LogP contribution in [0.2, 0.25) is 5.02 Å². The lowest BCUT2D eigenvalue weighted by Gasteiger charge is -2.31. The van der Waals surface area contributed by atoms with Crippen molar-refractivity contribution >= 4 is 29.1 Å². The van der Waals surface area contributed by atoms with Crippen LogP contribution in [-0.2, 0) is 34.0 Å². The first kappa shape index (κ1) is 27.8. The van der Waals surface area contributed by atoms with E-state index in [1.807, 2.05) is 66.6 Å². The molecule has 1 aliphatic heterocycles. The van der Waals surface area contributed by atoms with E-state index in [9.17, 15) is 9.59 Å². The maximum atomic E-state index is 13.5. The maximum absolute atomic E-state index is 13.5. The van der Waals surface area contributed by atoms with Crippen LogP contribution in [0.5, 0.6) is 0 Å². The zero-order valence-corrected chi connectivity index (χ0v) is 22.9. The molecular weight excluding hydrogens is 502 g/mol. The Morgan fingerprint density at radius 1 is 0.974 bits per heavy atom. The van der Waals surface area contributed by atoms with Crippen molar-refractivity contribution < 1.29 is 14.3 Å². The number of nitrogens with zero attached hydrogens (tertiary/aromatic N) is 5. The van der Waals surface area contributed by atoms with Crippen molar-refractivity contribution in [2.75, 3.05) is 44.8 Å². The van der Waals surface area contributed by atoms with Gasteiger partial charge in [0.15, 0.2) is 0 Å². The number of carbonyl (C=O) groups is 2. The molecule has 0 spiro atoms. The van der Waals surface area contributed by atoms with Gasteiger partial charge in [0, 0.05) is 63.3 Å². The molecule has 0 fully saturated rings. The Hall–Kier alpha value is -3.20. The molecule has 1 aliphatic rings. The third-order valence-electron chi connectivity index (χ3n) is 6.70. The highest BCUT2D eigenvalue weighted by Crippen LogP contribution is 2.24. The van der Waals surface area contributed by atoms with Gasteiger partial charge in [0.25, 0.3) is 5.91 Å². The molecule has 0 saturated heterocycles. The van der Waals surface area contributed by atoms with E-state index in [2.05, 4.69) is 10.00 Å². The molecule has 0 bridgehead atoms. The molecule has 0 N–H and O–H groups in total. The van der Waals surface area contributed by atoms with E-state index in [1.54, 1.807) is 15.8 Å². The van der Waals surface area contributed by atoms with Crippen LogP contribution in [-0.4, -0.2) is 71.3 Å². The smallest absolute Gasteiger partial charge is 0.252 e. The quantitative estimate of drug-likeness (QED) is 0.472. The molecule has 0 radical (unpaired) electrons. The molecule has 1 aromatic heterocycles. The third-order valence-corrected chi connectivity index (χ3v) is 6.95. The van der Waals surface area contributed by atoms with E-state index in [0.29, 0.717) is 19.6 Å². The van der Waals surface area contributed by atoms with E-state index in [0.717, 1.165) is 54.3 Å². The number of para-hydroxylation sites is 1. The van der Waals surface area contributed by atoms with E-state index in [-0.39, 0.29) is 25.0 Å². The Kier molecular flexibility index (Phi) is 9.92. The van der Waals surface area contributed by atoms with Gasteiger partial charge in [-0.25, -0.2) is 0 Å². The van der Waals surface area contributed by atoms with Crippen LogP contribution in [0.15, 0.2) is 60.9 Å². The van der Waals surface area contributed by atoms with Crippen LogP contribution in [0, 0.1) is 6.92 Å². The van der Waals surface area contributed by atoms with Crippen molar-refractivity contribution in [3.63, 3.8) is 0 Å². The third kappa shape index (κ3) is 7.66. The lowest BCUT2D eigenvalue weighted by Crippen LogP contribution is -2.40. The van der Waals surface area contributed by atoms with Crippen LogP contribution in [0.25, 0.3) is 0 Å². The number of benzene rings is 2. The Balaban J connectivity index is 1.60. The van der Waals surface area contributed by atoms with Gasteiger partial charge in [-0.05, 0) is 54.7 Å². The summed E-state index contributed by atoms with van der Waals surface area (Å²) in [5.74, 6) is -0.0925. The number of ether oxygens (including phenoxy) is 1. The van der Waals surface area contributed by atoms with Crippen LogP contribution in [0.4, 0.5) is 5.69 Å². The first-order chi connectivity index (χ1) is 18.4. The first-order valence-electron chi connectivity index (χ1n) is 13.0. The maximum Gasteiger partial charge on any atom is 0.252 e. The Labute approximate surface area is 229 Å². The van der Waals surface area contributed by atoms with Crippen LogP contribution < -0.4 is 4.90 Å². The minimum Gasteiger partial charge on any atom is -0.375 e. The fourth-order valence-corrected chi connectivity index (χ4v) is 4.96. The Morgan fingerprint density at radius 2 is 1.71 bits per heavy atom. The van der Waals surface area contributed by atoms with Gasteiger partial charge in [0.1, 0.15) is 13.2 Å². The molecule has 9 heteroatoms. The van der Waals surface area contributed by atoms with Gasteiger partial charge >= 0.3 is 0 Å². The molecule has 202 valence electrons. The fourth-order valence-electron chi connectivity index (χ4n) is 4.83. The van der Waals surface area contributed by atoms with Crippen molar-refractivity contribution in [2.45, 2.75) is 39.4 Å². The summed E-state index contributed by atoms with van der Waals surface area (Å²) in [5, 5.41) is 5.02. The number of hydrogen-bond acceptors (Lipinski definition) is 5. The number of rotatable bonds is 6. The normalized spacial score (nSPS) is 15.4. The van der Waals surface area contributed by atoms with Gasteiger partial charge in [0.2, 0.25) is 5.91 Å². The summed E-state index contributed by atoms with van der Waals surface area (Å²) in [4.78, 5) is 32.7. The van der Waals surface area contributed by atoms with Crippen LogP contribution in [0.1, 0.15) is 29.5 Å². The second kappa shape index (κ2) is 13.6. The second-order valence-electron chi connectivity index (χ2n) is 9.75. The van der Waals surface area contributed by atoms with Gasteiger partial charge in [-0.1, -0.05) is 41.9 Å². The Bertz CT molecular complexity index is 1210. The van der Waals surface area contributed by atoms with Gasteiger partial charge in [-0.15, -0.1) is 0 Å². The molecule has 8 nitrogen and oxygen atoms in total. The lowest BCUT2D eigenvalue weighted by atomic mass is 10.1. The molecule has 38 heavy (non-hydrogen) atoms. The molecule has 0 unspecified atom stereocenters. The molecule has 2 heterocycles. The average Bonchev–Trinajstić information content (AvgIpc) is 3.31. The number of halogens is 1. The number of carbonyl (C=O) groups excluding carboxylic acids is 2. The minimum absolute atomic E-state index is 0.000943. The average molecular weight is 538 g/mol. The fraction of sp³-hybridized carbons (Fsp3) is 0.414. The predicted octanol–water partition coefficient (Wildman–Crippen LogP) is 4.15. The summed E-state index contributed by atoms with van der Waals surface area (Å²) in [6, 6.07) is 15.8. The zero-order chi connectivity index (χ0) is 26.9. The van der Waals surface area contributed by atoms with Crippen molar-refractivity contribution in [1.82, 2.24) is 19.6 Å². The topological polar surface area (TPSA) is 70.9 Å². The summed E-state index contributed by atoms with van der Waals surface area (Å²) < 4.78 is 6.88. The van der Waals surface area contributed by atoms with Gasteiger partial charge in [-0.3, -0.25) is 19.2 Å². The van der Waals surface area contributed by atoms with Gasteiger partial charge in [-0.2, -0.15) is 5.10 Å². The zero-order valence-electron chi connectivity index (χ0n) is 22.2. The minimum atomic E-state index is -0.0915. The van der Waals surface area contributed by atoms with Crippen molar-refractivity contribution in [2.24, 2.45) is 0 Å². The summed E-state index contributed by atoms with van der Waals surface area (Å²) in [6.07, 6.45) is 5.29. The summed E-state index contributed by atoms with van der Waals surface area (Å²) in [6.45, 7) is 6.17. The molecular formula is C29H36ClN5O3. The van der Waals surface area contributed by atoms with E-state index in [1.165, 1.54) is 12.7 Å². The molecule has 0 atom stereocenters. The molecule has 0 aliphatic carbocycles. The van der Waals surface area contributed by atoms with E-state index < -0.39 is 0 Å². The summed E-state index contributed by atoms with van der Waals surface area (Å²) in [7, 11) is 1.53. The van der Waals surface area contributed by atoms with Crippen LogP contribution in [0.3, 0.4) is 0 Å². The van der Waals surface area contributed by atoms with Gasteiger partial charge < -0.3 is 14.5 Å². The van der Waals surface area contributed by atoms with E-state index >= 15 is 0 Å². The predicted molar refractivity (Wildman–Crippen MR) is 149 cm³/mol. The summed E-state index contributed by atoms with van der Waals surface area (Å²) in [5.41, 5.74) is 3.97. The van der Waals surface area contributed by atoms with E-state index in [4.69, 9.17) is 16.3 Å². The number of aryl methyl sites for hydroxylation is 1. The highest BCUT2D eigenvalue weighted by molar-refractivity contribution is 6.30. The largest absolute Gasteiger partial charge is 0.375 e. The standard InChI is InChI=1S/C29H36ClN5O3/c1-23-17-31-34(18-23)21-28(36)33-15-5-13-32(19-24-9-11-26(30)12-10-24)14-6-16-35(29(37)22-38-2)27-8-4-3-7-25(27)20-33/h3-4,7-12,17-18H,5-6,13-16,19-22H2,1-2H3. The molecule has 3 aromatic rings. The number of hydrogen-bond donors (Lipinski definition) is 0. The summed E-state index contributed by atoms with van der Waals surface area (Å²) >= 11 is 6.09. The SMILES string of the molecule is COCC(=O)N1CCCN(Cc2ccc(Cl)cc2)CCCN(C(=O)Cn2cc(C)cn2)Cc2ccccc21. The molecule has 2 amide bonds. The lowest BCUT2D eigenvalue weighted by molar-refractivity contribution is -0.132. The number of fused-ring (bicyclic) bond motifs is 1. The van der Waals surface area contributed by atoms with Crippen LogP contribution >= 0.6 is 11.6 Å². The highest BCUT2D eigenvalue weighted by Gasteiger charge is 2.23. The van der Waals surface area contributed by atoms with Crippen molar-refractivity contribution in [1.29, 1.82) is 0 Å². The van der Waals surface area contributed by atoms with Crippen molar-refractivity contribution in [3.05, 3.63) is 82.6 Å².